The minimum absolute atomic E-state index is 0.353. The molecule has 144 valence electrons. The molecule has 0 spiro atoms. The quantitative estimate of drug-likeness (QED) is 0.471. The summed E-state index contributed by atoms with van der Waals surface area (Å²) in [5, 5.41) is 4.49. The lowest BCUT2D eigenvalue weighted by Gasteiger charge is -2.19. The monoisotopic (exact) mass is 391 g/mol. The zero-order valence-electron chi connectivity index (χ0n) is 16.7. The summed E-state index contributed by atoms with van der Waals surface area (Å²) in [6.45, 7) is 2.23. The van der Waals surface area contributed by atoms with Gasteiger partial charge in [-0.1, -0.05) is 12.1 Å². The van der Waals surface area contributed by atoms with E-state index in [2.05, 4.69) is 72.8 Å². The van der Waals surface area contributed by atoms with Crippen LogP contribution in [0.1, 0.15) is 29.8 Å². The minimum Gasteiger partial charge on any atom is -0.497 e. The number of thiazole rings is 1. The fourth-order valence-corrected chi connectivity index (χ4v) is 4.19. The molecule has 2 aromatic heterocycles. The number of hydrogen-bond donors (Lipinski definition) is 1. The summed E-state index contributed by atoms with van der Waals surface area (Å²) < 4.78 is 5.23. The second-order valence-corrected chi connectivity index (χ2v) is 8.17. The number of aromatic amines is 1. The average Bonchev–Trinajstić information content (AvgIpc) is 3.34. The van der Waals surface area contributed by atoms with E-state index in [0.29, 0.717) is 6.04 Å². The Morgan fingerprint density at radius 2 is 1.93 bits per heavy atom. The van der Waals surface area contributed by atoms with Crippen molar-refractivity contribution in [1.29, 1.82) is 0 Å². The number of rotatable bonds is 6. The van der Waals surface area contributed by atoms with Gasteiger partial charge < -0.3 is 14.6 Å². The lowest BCUT2D eigenvalue weighted by molar-refractivity contribution is 0.323. The van der Waals surface area contributed by atoms with Gasteiger partial charge in [-0.3, -0.25) is 0 Å². The zero-order chi connectivity index (χ0) is 19.7. The molecule has 0 saturated carbocycles. The van der Waals surface area contributed by atoms with Crippen LogP contribution in [0.5, 0.6) is 5.75 Å². The standard InChI is InChI=1S/C23H25N3OS/c1-15(26(2)3)21-13-24-22-10-7-17(12-20(21)22)23-25-18(14-28-23)11-16-5-8-19(27-4)9-6-16/h5-10,12-15,24H,11H2,1-4H3. The molecule has 0 radical (unpaired) electrons. The summed E-state index contributed by atoms with van der Waals surface area (Å²) in [6, 6.07) is 15.1. The first kappa shape index (κ1) is 18.7. The van der Waals surface area contributed by atoms with Gasteiger partial charge in [0, 0.05) is 40.5 Å². The van der Waals surface area contributed by atoms with Gasteiger partial charge in [-0.25, -0.2) is 4.98 Å². The molecule has 4 nitrogen and oxygen atoms in total. The Bertz CT molecular complexity index is 1080. The number of methoxy groups -OCH3 is 1. The Morgan fingerprint density at radius 3 is 2.64 bits per heavy atom. The van der Waals surface area contributed by atoms with Crippen molar-refractivity contribution in [3.8, 4) is 16.3 Å². The van der Waals surface area contributed by atoms with Gasteiger partial charge in [-0.05, 0) is 62.5 Å². The molecule has 0 amide bonds. The van der Waals surface area contributed by atoms with Crippen molar-refractivity contribution < 1.29 is 4.74 Å². The van der Waals surface area contributed by atoms with Crippen LogP contribution in [0.2, 0.25) is 0 Å². The number of nitrogens with zero attached hydrogens (tertiary/aromatic N) is 2. The second-order valence-electron chi connectivity index (χ2n) is 7.31. The molecular formula is C23H25N3OS. The van der Waals surface area contributed by atoms with Crippen LogP contribution in [0.3, 0.4) is 0 Å². The van der Waals surface area contributed by atoms with Crippen LogP contribution in [0.25, 0.3) is 21.5 Å². The molecule has 1 N–H and O–H groups in total. The van der Waals surface area contributed by atoms with Crippen molar-refractivity contribution >= 4 is 22.2 Å². The second kappa shape index (κ2) is 7.78. The third-order valence-electron chi connectivity index (χ3n) is 5.28. The minimum atomic E-state index is 0.353. The lowest BCUT2D eigenvalue weighted by Crippen LogP contribution is -2.16. The van der Waals surface area contributed by atoms with Crippen LogP contribution in [0.15, 0.2) is 54.0 Å². The molecule has 5 heteroatoms. The molecule has 1 atom stereocenters. The van der Waals surface area contributed by atoms with E-state index in [1.54, 1.807) is 18.4 Å². The number of hydrogen-bond acceptors (Lipinski definition) is 4. The van der Waals surface area contributed by atoms with Crippen molar-refractivity contribution in [1.82, 2.24) is 14.9 Å². The van der Waals surface area contributed by atoms with E-state index in [1.165, 1.54) is 27.6 Å². The van der Waals surface area contributed by atoms with Crippen LogP contribution >= 0.6 is 11.3 Å². The molecule has 1 unspecified atom stereocenters. The normalized spacial score (nSPS) is 12.6. The van der Waals surface area contributed by atoms with Crippen LogP contribution in [0, 0.1) is 0 Å². The lowest BCUT2D eigenvalue weighted by atomic mass is 10.0. The molecule has 28 heavy (non-hydrogen) atoms. The highest BCUT2D eigenvalue weighted by Crippen LogP contribution is 2.32. The SMILES string of the molecule is COc1ccc(Cc2csc(-c3ccc4[nH]cc(C(C)N(C)C)c4c3)n2)cc1. The smallest absolute Gasteiger partial charge is 0.123 e. The summed E-state index contributed by atoms with van der Waals surface area (Å²) in [5.41, 5.74) is 5.99. The first-order valence-corrected chi connectivity index (χ1v) is 10.3. The summed E-state index contributed by atoms with van der Waals surface area (Å²) in [6.07, 6.45) is 2.95. The fourth-order valence-electron chi connectivity index (χ4n) is 3.37. The molecule has 2 aromatic carbocycles. The van der Waals surface area contributed by atoms with E-state index in [4.69, 9.17) is 9.72 Å². The maximum atomic E-state index is 5.23. The molecule has 0 saturated heterocycles. The maximum Gasteiger partial charge on any atom is 0.123 e. The van der Waals surface area contributed by atoms with Crippen molar-refractivity contribution in [2.75, 3.05) is 21.2 Å². The number of benzene rings is 2. The van der Waals surface area contributed by atoms with Gasteiger partial charge in [0.1, 0.15) is 10.8 Å². The zero-order valence-corrected chi connectivity index (χ0v) is 17.5. The highest BCUT2D eigenvalue weighted by molar-refractivity contribution is 7.13. The molecule has 4 aromatic rings. The van der Waals surface area contributed by atoms with E-state index in [-0.39, 0.29) is 0 Å². The average molecular weight is 392 g/mol. The molecule has 2 heterocycles. The van der Waals surface area contributed by atoms with Crippen LogP contribution in [0.4, 0.5) is 0 Å². The maximum absolute atomic E-state index is 5.23. The van der Waals surface area contributed by atoms with Gasteiger partial charge in [-0.15, -0.1) is 11.3 Å². The molecule has 0 bridgehead atoms. The van der Waals surface area contributed by atoms with Crippen LogP contribution in [-0.2, 0) is 6.42 Å². The van der Waals surface area contributed by atoms with Crippen LogP contribution < -0.4 is 4.74 Å². The highest BCUT2D eigenvalue weighted by Gasteiger charge is 2.14. The van der Waals surface area contributed by atoms with E-state index >= 15 is 0 Å². The number of aromatic nitrogens is 2. The van der Waals surface area contributed by atoms with Crippen molar-refractivity contribution in [3.05, 3.63) is 70.9 Å². The van der Waals surface area contributed by atoms with E-state index < -0.39 is 0 Å². The number of H-pyrrole nitrogens is 1. The summed E-state index contributed by atoms with van der Waals surface area (Å²) >= 11 is 1.70. The molecule has 0 aliphatic heterocycles. The number of nitrogens with one attached hydrogen (secondary N) is 1. The summed E-state index contributed by atoms with van der Waals surface area (Å²) in [5.74, 6) is 0.880. The van der Waals surface area contributed by atoms with Gasteiger partial charge in [-0.2, -0.15) is 0 Å². The Kier molecular flexibility index (Phi) is 5.20. The van der Waals surface area contributed by atoms with E-state index in [9.17, 15) is 0 Å². The van der Waals surface area contributed by atoms with Gasteiger partial charge in [0.2, 0.25) is 0 Å². The predicted molar refractivity (Wildman–Crippen MR) is 117 cm³/mol. The Balaban J connectivity index is 1.60. The topological polar surface area (TPSA) is 41.1 Å². The highest BCUT2D eigenvalue weighted by atomic mass is 32.1. The summed E-state index contributed by atoms with van der Waals surface area (Å²) in [7, 11) is 5.91. The van der Waals surface area contributed by atoms with Crippen LogP contribution in [-0.4, -0.2) is 36.1 Å². The molecule has 0 aliphatic carbocycles. The first-order chi connectivity index (χ1) is 13.5. The van der Waals surface area contributed by atoms with Crippen molar-refractivity contribution in [2.45, 2.75) is 19.4 Å². The Labute approximate surface area is 169 Å². The Hall–Kier alpha value is -2.63. The fraction of sp³-hybridized carbons (Fsp3) is 0.261. The molecule has 4 rings (SSSR count). The molecule has 0 fully saturated rings. The summed E-state index contributed by atoms with van der Waals surface area (Å²) in [4.78, 5) is 10.5. The number of fused-ring (bicyclic) bond motifs is 1. The molecular weight excluding hydrogens is 366 g/mol. The van der Waals surface area contributed by atoms with Gasteiger partial charge >= 0.3 is 0 Å². The van der Waals surface area contributed by atoms with Gasteiger partial charge in [0.25, 0.3) is 0 Å². The van der Waals surface area contributed by atoms with Crippen molar-refractivity contribution in [2.24, 2.45) is 0 Å². The van der Waals surface area contributed by atoms with Gasteiger partial charge in [0.15, 0.2) is 0 Å². The molecule has 0 aliphatic rings. The van der Waals surface area contributed by atoms with Crippen molar-refractivity contribution in [3.63, 3.8) is 0 Å². The van der Waals surface area contributed by atoms with E-state index in [0.717, 1.165) is 22.9 Å². The van der Waals surface area contributed by atoms with E-state index in [1.807, 2.05) is 12.1 Å². The predicted octanol–water partition coefficient (Wildman–Crippen LogP) is 5.51. The third-order valence-corrected chi connectivity index (χ3v) is 6.22. The third kappa shape index (κ3) is 3.68. The number of ether oxygens (including phenoxy) is 1. The Morgan fingerprint density at radius 1 is 1.14 bits per heavy atom. The first-order valence-electron chi connectivity index (χ1n) is 9.40. The van der Waals surface area contributed by atoms with Gasteiger partial charge in [0.05, 0.1) is 12.8 Å². The largest absolute Gasteiger partial charge is 0.497 e.